The Labute approximate surface area is 177 Å². The molecule has 0 bridgehead atoms. The van der Waals surface area contributed by atoms with E-state index < -0.39 is 17.7 Å². The van der Waals surface area contributed by atoms with Crippen molar-refractivity contribution in [3.05, 3.63) is 69.8 Å². The van der Waals surface area contributed by atoms with E-state index in [-0.39, 0.29) is 24.3 Å². The normalized spacial score (nSPS) is 15.0. The van der Waals surface area contributed by atoms with Crippen LogP contribution in [0.1, 0.15) is 39.8 Å². The minimum Gasteiger partial charge on any atom is -0.464 e. The molecule has 0 unspecified atom stereocenters. The molecular formula is C22H21F3N2O4. The molecule has 0 saturated heterocycles. The molecule has 31 heavy (non-hydrogen) atoms. The Kier molecular flexibility index (Phi) is 6.62. The quantitative estimate of drug-likeness (QED) is 0.384. The van der Waals surface area contributed by atoms with Crippen LogP contribution in [-0.2, 0) is 38.4 Å². The summed E-state index contributed by atoms with van der Waals surface area (Å²) in [6, 6.07) is 9.31. The van der Waals surface area contributed by atoms with Gasteiger partial charge in [-0.05, 0) is 37.0 Å². The molecule has 0 saturated carbocycles. The number of alkyl halides is 3. The van der Waals surface area contributed by atoms with Crippen LogP contribution in [0.25, 0.3) is 0 Å². The smallest absolute Gasteiger partial charge is 0.416 e. The summed E-state index contributed by atoms with van der Waals surface area (Å²) in [5.41, 5.74) is 2.36. The first-order valence-electron chi connectivity index (χ1n) is 9.44. The largest absolute Gasteiger partial charge is 0.464 e. The molecule has 3 rings (SSSR count). The third-order valence-corrected chi connectivity index (χ3v) is 5.01. The van der Waals surface area contributed by atoms with Crippen LogP contribution in [0.5, 0.6) is 0 Å². The topological polar surface area (TPSA) is 69.5 Å². The fraction of sp³-hybridized carbons (Fsp3) is 0.318. The molecule has 0 atom stereocenters. The lowest BCUT2D eigenvalue weighted by molar-refractivity contribution is -0.138. The minimum atomic E-state index is -4.41. The van der Waals surface area contributed by atoms with Crippen molar-refractivity contribution in [3.8, 4) is 0 Å². The second kappa shape index (κ2) is 9.20. The highest BCUT2D eigenvalue weighted by atomic mass is 19.4. The monoisotopic (exact) mass is 434 g/mol. The van der Waals surface area contributed by atoms with E-state index in [9.17, 15) is 18.0 Å². The molecule has 0 amide bonds. The number of carbonyl (C=O) groups is 1. The predicted molar refractivity (Wildman–Crippen MR) is 108 cm³/mol. The van der Waals surface area contributed by atoms with Gasteiger partial charge in [0.1, 0.15) is 13.7 Å². The van der Waals surface area contributed by atoms with Crippen molar-refractivity contribution < 1.29 is 32.4 Å². The summed E-state index contributed by atoms with van der Waals surface area (Å²) in [7, 11) is 2.55. The van der Waals surface area contributed by atoms with Gasteiger partial charge in [0.2, 0.25) is 0 Å². The standard InChI is InChI=1S/C22H21F3N2O4/c1-13-6-4-8-16(20(27-30-3)21(28)29-2)17(13)12-31-26-19-11-10-14-15(19)7-5-9-18(14)22(23,24)25/h4-9H,10-12H2,1-3H3/b26-19+,27-20+. The zero-order valence-corrected chi connectivity index (χ0v) is 17.2. The van der Waals surface area contributed by atoms with Crippen molar-refractivity contribution in [1.29, 1.82) is 0 Å². The first-order valence-corrected chi connectivity index (χ1v) is 9.44. The van der Waals surface area contributed by atoms with Crippen molar-refractivity contribution >= 4 is 17.4 Å². The first-order chi connectivity index (χ1) is 14.8. The SMILES string of the molecule is CO/N=C(/C(=O)OC)c1cccc(C)c1CO/N=C1\CCc2c1cccc2C(F)(F)F. The number of methoxy groups -OCH3 is 1. The Bertz CT molecular complexity index is 1050. The third kappa shape index (κ3) is 4.70. The molecule has 1 aliphatic rings. The van der Waals surface area contributed by atoms with Crippen LogP contribution in [0.15, 0.2) is 46.7 Å². The molecule has 164 valence electrons. The number of rotatable bonds is 6. The van der Waals surface area contributed by atoms with Crippen molar-refractivity contribution in [3.63, 3.8) is 0 Å². The Hall–Kier alpha value is -3.36. The lowest BCUT2D eigenvalue weighted by Crippen LogP contribution is -2.20. The van der Waals surface area contributed by atoms with Crippen molar-refractivity contribution in [2.24, 2.45) is 10.3 Å². The van der Waals surface area contributed by atoms with Gasteiger partial charge >= 0.3 is 12.1 Å². The molecule has 2 aromatic carbocycles. The summed E-state index contributed by atoms with van der Waals surface area (Å²) in [4.78, 5) is 22.4. The van der Waals surface area contributed by atoms with Gasteiger partial charge in [-0.3, -0.25) is 0 Å². The number of carbonyl (C=O) groups excluding carboxylic acids is 1. The van der Waals surface area contributed by atoms with Crippen LogP contribution in [0.3, 0.4) is 0 Å². The maximum absolute atomic E-state index is 13.2. The third-order valence-electron chi connectivity index (χ3n) is 5.01. The molecule has 0 spiro atoms. The molecule has 0 N–H and O–H groups in total. The number of halogens is 3. The van der Waals surface area contributed by atoms with Crippen LogP contribution in [0, 0.1) is 6.92 Å². The maximum Gasteiger partial charge on any atom is 0.416 e. The Morgan fingerprint density at radius 2 is 1.84 bits per heavy atom. The van der Waals surface area contributed by atoms with Gasteiger partial charge in [-0.15, -0.1) is 0 Å². The molecule has 1 aliphatic carbocycles. The highest BCUT2D eigenvalue weighted by molar-refractivity contribution is 6.43. The van der Waals surface area contributed by atoms with E-state index in [1.807, 2.05) is 13.0 Å². The lowest BCUT2D eigenvalue weighted by Gasteiger charge is -2.13. The number of oxime groups is 2. The van der Waals surface area contributed by atoms with E-state index in [2.05, 4.69) is 10.3 Å². The zero-order chi connectivity index (χ0) is 22.6. The zero-order valence-electron chi connectivity index (χ0n) is 17.2. The first kappa shape index (κ1) is 22.3. The van der Waals surface area contributed by atoms with Crippen LogP contribution in [-0.4, -0.2) is 31.6 Å². The van der Waals surface area contributed by atoms with E-state index in [1.165, 1.54) is 20.3 Å². The second-order valence-electron chi connectivity index (χ2n) is 6.86. The summed E-state index contributed by atoms with van der Waals surface area (Å²) >= 11 is 0. The van der Waals surface area contributed by atoms with Crippen LogP contribution in [0.4, 0.5) is 13.2 Å². The number of fused-ring (bicyclic) bond motifs is 1. The van der Waals surface area contributed by atoms with Crippen molar-refractivity contribution in [2.45, 2.75) is 32.5 Å². The lowest BCUT2D eigenvalue weighted by atomic mass is 9.99. The number of benzene rings is 2. The minimum absolute atomic E-state index is 0.0144. The van der Waals surface area contributed by atoms with Gasteiger partial charge in [-0.2, -0.15) is 13.2 Å². The fourth-order valence-corrected chi connectivity index (χ4v) is 3.54. The molecule has 0 fully saturated rings. The van der Waals surface area contributed by atoms with Gasteiger partial charge < -0.3 is 14.4 Å². The maximum atomic E-state index is 13.2. The van der Waals surface area contributed by atoms with Crippen LogP contribution >= 0.6 is 0 Å². The number of ether oxygens (including phenoxy) is 1. The average molecular weight is 434 g/mol. The van der Waals surface area contributed by atoms with E-state index >= 15 is 0 Å². The molecule has 6 nitrogen and oxygen atoms in total. The number of hydrogen-bond acceptors (Lipinski definition) is 6. The van der Waals surface area contributed by atoms with Crippen molar-refractivity contribution in [1.82, 2.24) is 0 Å². The van der Waals surface area contributed by atoms with Gasteiger partial charge in [0.15, 0.2) is 5.71 Å². The number of aryl methyl sites for hydroxylation is 1. The van der Waals surface area contributed by atoms with E-state index in [0.717, 1.165) is 11.6 Å². The molecular weight excluding hydrogens is 413 g/mol. The number of esters is 1. The van der Waals surface area contributed by atoms with Crippen LogP contribution < -0.4 is 0 Å². The van der Waals surface area contributed by atoms with E-state index in [4.69, 9.17) is 14.4 Å². The Balaban J connectivity index is 1.87. The van der Waals surface area contributed by atoms with Gasteiger partial charge in [0.25, 0.3) is 0 Å². The Morgan fingerprint density at radius 1 is 1.10 bits per heavy atom. The summed E-state index contributed by atoms with van der Waals surface area (Å²) in [5.74, 6) is -0.676. The summed E-state index contributed by atoms with van der Waals surface area (Å²) in [6.07, 6.45) is -3.82. The van der Waals surface area contributed by atoms with E-state index in [1.54, 1.807) is 18.2 Å². The van der Waals surface area contributed by atoms with Gasteiger partial charge in [0, 0.05) is 16.7 Å². The highest BCUT2D eigenvalue weighted by Gasteiger charge is 2.36. The average Bonchev–Trinajstić information content (AvgIpc) is 3.15. The predicted octanol–water partition coefficient (Wildman–Crippen LogP) is 4.40. The molecule has 2 aromatic rings. The van der Waals surface area contributed by atoms with Gasteiger partial charge in [0.05, 0.1) is 18.4 Å². The van der Waals surface area contributed by atoms with E-state index in [0.29, 0.717) is 28.8 Å². The molecule has 0 aliphatic heterocycles. The molecule has 9 heteroatoms. The van der Waals surface area contributed by atoms with Crippen molar-refractivity contribution in [2.75, 3.05) is 14.2 Å². The molecule has 0 heterocycles. The Morgan fingerprint density at radius 3 is 2.52 bits per heavy atom. The summed E-state index contributed by atoms with van der Waals surface area (Å²) in [5, 5.41) is 7.86. The number of hydrogen-bond donors (Lipinski definition) is 0. The fourth-order valence-electron chi connectivity index (χ4n) is 3.54. The second-order valence-corrected chi connectivity index (χ2v) is 6.86. The molecule has 0 aromatic heterocycles. The van der Waals surface area contributed by atoms with Gasteiger partial charge in [-0.25, -0.2) is 4.79 Å². The van der Waals surface area contributed by atoms with Crippen LogP contribution in [0.2, 0.25) is 0 Å². The molecule has 0 radical (unpaired) electrons. The number of nitrogens with zero attached hydrogens (tertiary/aromatic N) is 2. The highest BCUT2D eigenvalue weighted by Crippen LogP contribution is 2.37. The van der Waals surface area contributed by atoms with Gasteiger partial charge in [-0.1, -0.05) is 40.6 Å². The summed E-state index contributed by atoms with van der Waals surface area (Å²) in [6.45, 7) is 1.82. The summed E-state index contributed by atoms with van der Waals surface area (Å²) < 4.78 is 44.5.